The monoisotopic (exact) mass is 185 g/mol. The Morgan fingerprint density at radius 1 is 0.727 bits per heavy atom. The quantitative estimate of drug-likeness (QED) is 0.266. The molecule has 11 heavy (non-hydrogen) atoms. The number of hydrogen-bond acceptors (Lipinski definition) is 4. The first-order chi connectivity index (χ1) is 4.91. The molecule has 0 aliphatic heterocycles. The van der Waals surface area contributed by atoms with Crippen LogP contribution in [0.15, 0.2) is 0 Å². The van der Waals surface area contributed by atoms with Crippen molar-refractivity contribution in [3.63, 3.8) is 0 Å². The molecule has 63 valence electrons. The Morgan fingerprint density at radius 3 is 1.36 bits per heavy atom. The van der Waals surface area contributed by atoms with Crippen LogP contribution in [-0.2, 0) is 0 Å². The van der Waals surface area contributed by atoms with Gasteiger partial charge in [-0.15, -0.1) is 0 Å². The summed E-state index contributed by atoms with van der Waals surface area (Å²) in [4.78, 5) is 0. The molecule has 0 atom stereocenters. The van der Waals surface area contributed by atoms with E-state index in [2.05, 4.69) is 10.6 Å². The maximum absolute atomic E-state index is 5.27. The summed E-state index contributed by atoms with van der Waals surface area (Å²) in [5.74, 6) is 0. The Morgan fingerprint density at radius 2 is 1.09 bits per heavy atom. The average Bonchev–Trinajstić information content (AvgIpc) is 1.97. The molecule has 0 aromatic carbocycles. The Labute approximate surface area is 111 Å². The van der Waals surface area contributed by atoms with Crippen molar-refractivity contribution in [2.24, 2.45) is 11.5 Å². The van der Waals surface area contributed by atoms with Crippen molar-refractivity contribution in [1.82, 2.24) is 10.6 Å². The second kappa shape index (κ2) is 14.0. The van der Waals surface area contributed by atoms with E-state index < -0.39 is 0 Å². The van der Waals surface area contributed by atoms with Gasteiger partial charge in [-0.1, -0.05) is 0 Å². The fourth-order valence-corrected chi connectivity index (χ4v) is 0.631. The molecular formula is C6H18KN4. The molecule has 5 heteroatoms. The SMILES string of the molecule is NCCNCCNCCN.[K]. The van der Waals surface area contributed by atoms with Crippen LogP contribution in [0.4, 0.5) is 0 Å². The summed E-state index contributed by atoms with van der Waals surface area (Å²) in [7, 11) is 0. The molecule has 0 rings (SSSR count). The molecule has 0 aliphatic carbocycles. The Hall–Kier alpha value is 1.48. The van der Waals surface area contributed by atoms with Crippen LogP contribution in [0.1, 0.15) is 0 Å². The van der Waals surface area contributed by atoms with Crippen molar-refractivity contribution in [3.05, 3.63) is 0 Å². The van der Waals surface area contributed by atoms with Gasteiger partial charge in [0.05, 0.1) is 0 Å². The molecule has 4 nitrogen and oxygen atoms in total. The van der Waals surface area contributed by atoms with Gasteiger partial charge in [0.25, 0.3) is 0 Å². The van der Waals surface area contributed by atoms with Crippen LogP contribution in [0.5, 0.6) is 0 Å². The van der Waals surface area contributed by atoms with Crippen LogP contribution < -0.4 is 22.1 Å². The molecule has 0 spiro atoms. The zero-order valence-corrected chi connectivity index (χ0v) is 10.5. The third-order valence-corrected chi connectivity index (χ3v) is 1.12. The maximum Gasteiger partial charge on any atom is 0.00772 e. The smallest absolute Gasteiger partial charge is 0.00772 e. The molecule has 0 bridgehead atoms. The molecule has 0 amide bonds. The largest absolute Gasteiger partial charge is 0.329 e. The van der Waals surface area contributed by atoms with E-state index in [1.165, 1.54) is 0 Å². The first kappa shape index (κ1) is 15.0. The van der Waals surface area contributed by atoms with Gasteiger partial charge in [-0.05, 0) is 0 Å². The van der Waals surface area contributed by atoms with Crippen LogP contribution >= 0.6 is 0 Å². The van der Waals surface area contributed by atoms with E-state index >= 15 is 0 Å². The molecule has 1 radical (unpaired) electrons. The van der Waals surface area contributed by atoms with Gasteiger partial charge < -0.3 is 22.1 Å². The van der Waals surface area contributed by atoms with Crippen molar-refractivity contribution in [1.29, 1.82) is 0 Å². The first-order valence-electron chi connectivity index (χ1n) is 3.73. The average molecular weight is 185 g/mol. The van der Waals surface area contributed by atoms with E-state index in [0.717, 1.165) is 26.2 Å². The zero-order valence-electron chi connectivity index (χ0n) is 7.40. The number of nitrogens with one attached hydrogen (secondary N) is 2. The van der Waals surface area contributed by atoms with Gasteiger partial charge in [-0.2, -0.15) is 0 Å². The zero-order chi connectivity index (χ0) is 7.66. The van der Waals surface area contributed by atoms with Gasteiger partial charge in [0.1, 0.15) is 0 Å². The van der Waals surface area contributed by atoms with Crippen LogP contribution in [0.25, 0.3) is 0 Å². The van der Waals surface area contributed by atoms with Crippen molar-refractivity contribution >= 4 is 51.4 Å². The second-order valence-electron chi connectivity index (χ2n) is 2.08. The van der Waals surface area contributed by atoms with Crippen molar-refractivity contribution in [2.45, 2.75) is 0 Å². The van der Waals surface area contributed by atoms with Gasteiger partial charge >= 0.3 is 0 Å². The maximum atomic E-state index is 5.27. The fourth-order valence-electron chi connectivity index (χ4n) is 0.631. The minimum Gasteiger partial charge on any atom is -0.329 e. The van der Waals surface area contributed by atoms with Crippen molar-refractivity contribution < 1.29 is 0 Å². The van der Waals surface area contributed by atoms with E-state index in [-0.39, 0.29) is 51.4 Å². The molecule has 0 aromatic heterocycles. The molecule has 0 aromatic rings. The molecule has 0 heterocycles. The molecule has 0 unspecified atom stereocenters. The fraction of sp³-hybridized carbons (Fsp3) is 1.00. The van der Waals surface area contributed by atoms with Gasteiger partial charge in [0.15, 0.2) is 0 Å². The molecule has 0 aliphatic rings. The molecule has 0 fully saturated rings. The Balaban J connectivity index is 0. The molecule has 6 N–H and O–H groups in total. The van der Waals surface area contributed by atoms with E-state index in [1.54, 1.807) is 0 Å². The predicted octanol–water partition coefficient (Wildman–Crippen LogP) is -2.30. The van der Waals surface area contributed by atoms with E-state index in [4.69, 9.17) is 11.5 Å². The van der Waals surface area contributed by atoms with Crippen LogP contribution in [0.3, 0.4) is 0 Å². The van der Waals surface area contributed by atoms with Gasteiger partial charge in [0, 0.05) is 90.7 Å². The molecule has 0 saturated carbocycles. The minimum atomic E-state index is 0. The topological polar surface area (TPSA) is 76.1 Å². The summed E-state index contributed by atoms with van der Waals surface area (Å²) in [5, 5.41) is 6.33. The predicted molar refractivity (Wildman–Crippen MR) is 49.6 cm³/mol. The second-order valence-corrected chi connectivity index (χ2v) is 2.08. The third-order valence-electron chi connectivity index (χ3n) is 1.12. The summed E-state index contributed by atoms with van der Waals surface area (Å²) in [6.45, 7) is 5.14. The third kappa shape index (κ3) is 14.3. The summed E-state index contributed by atoms with van der Waals surface area (Å²) in [6, 6.07) is 0. The number of hydrogen-bond donors (Lipinski definition) is 4. The van der Waals surface area contributed by atoms with E-state index in [9.17, 15) is 0 Å². The van der Waals surface area contributed by atoms with E-state index in [1.807, 2.05) is 0 Å². The minimum absolute atomic E-state index is 0. The number of rotatable bonds is 7. The standard InChI is InChI=1S/C6H18N4.K/c7-1-3-9-5-6-10-4-2-8;/h9-10H,1-8H2;. The Bertz CT molecular complexity index is 54.5. The van der Waals surface area contributed by atoms with Crippen LogP contribution in [-0.4, -0.2) is 90.7 Å². The van der Waals surface area contributed by atoms with Gasteiger partial charge in [-0.25, -0.2) is 0 Å². The summed E-state index contributed by atoms with van der Waals surface area (Å²) in [5.41, 5.74) is 10.5. The molecule has 0 saturated heterocycles. The van der Waals surface area contributed by atoms with Crippen LogP contribution in [0.2, 0.25) is 0 Å². The van der Waals surface area contributed by atoms with E-state index in [0.29, 0.717) is 13.1 Å². The first-order valence-corrected chi connectivity index (χ1v) is 3.73. The van der Waals surface area contributed by atoms with Gasteiger partial charge in [-0.3, -0.25) is 0 Å². The van der Waals surface area contributed by atoms with Crippen LogP contribution in [0, 0.1) is 0 Å². The normalized spacial score (nSPS) is 9.27. The van der Waals surface area contributed by atoms with Gasteiger partial charge in [0.2, 0.25) is 0 Å². The van der Waals surface area contributed by atoms with Crippen molar-refractivity contribution in [2.75, 3.05) is 39.3 Å². The summed E-state index contributed by atoms with van der Waals surface area (Å²) in [6.07, 6.45) is 0. The summed E-state index contributed by atoms with van der Waals surface area (Å²) < 4.78 is 0. The number of nitrogens with two attached hydrogens (primary N) is 2. The Kier molecular flexibility index (Phi) is 19.1. The molecular weight excluding hydrogens is 167 g/mol. The summed E-state index contributed by atoms with van der Waals surface area (Å²) >= 11 is 0. The van der Waals surface area contributed by atoms with Crippen molar-refractivity contribution in [3.8, 4) is 0 Å².